The lowest BCUT2D eigenvalue weighted by atomic mass is 10.1. The number of rotatable bonds is 6. The molecule has 1 amide bonds. The van der Waals surface area contributed by atoms with E-state index in [9.17, 15) is 13.2 Å². The number of amides is 1. The van der Waals surface area contributed by atoms with Crippen LogP contribution in [0.1, 0.15) is 10.4 Å². The van der Waals surface area contributed by atoms with Crippen molar-refractivity contribution in [3.8, 4) is 11.5 Å². The predicted molar refractivity (Wildman–Crippen MR) is 105 cm³/mol. The van der Waals surface area contributed by atoms with Crippen LogP contribution in [0.2, 0.25) is 5.02 Å². The SMILES string of the molecule is COc1cc(C(=O)Nc2ccc(NS(C)(=O)=O)c(Cl)c2)cc(OC)c1Br. The van der Waals surface area contributed by atoms with Gasteiger partial charge in [-0.3, -0.25) is 9.52 Å². The maximum atomic E-state index is 12.5. The van der Waals surface area contributed by atoms with E-state index < -0.39 is 15.9 Å². The molecule has 0 heterocycles. The van der Waals surface area contributed by atoms with Gasteiger partial charge in [0.05, 0.1) is 31.2 Å². The third-order valence-corrected chi connectivity index (χ3v) is 4.92. The van der Waals surface area contributed by atoms with Crippen LogP contribution in [0.5, 0.6) is 11.5 Å². The van der Waals surface area contributed by atoms with Gasteiger partial charge in [0.15, 0.2) is 0 Å². The van der Waals surface area contributed by atoms with Gasteiger partial charge in [0.2, 0.25) is 10.0 Å². The Balaban J connectivity index is 2.26. The summed E-state index contributed by atoms with van der Waals surface area (Å²) >= 11 is 9.39. The second-order valence-electron chi connectivity index (χ2n) is 5.22. The summed E-state index contributed by atoms with van der Waals surface area (Å²) in [7, 11) is -0.491. The number of carbonyl (C=O) groups is 1. The fourth-order valence-corrected chi connectivity index (χ4v) is 3.49. The molecule has 2 aromatic carbocycles. The summed E-state index contributed by atoms with van der Waals surface area (Å²) in [5, 5.41) is 2.84. The first-order chi connectivity index (χ1) is 12.1. The van der Waals surface area contributed by atoms with E-state index in [-0.39, 0.29) is 10.7 Å². The first-order valence-corrected chi connectivity index (χ1v) is 10.2. The van der Waals surface area contributed by atoms with Gasteiger partial charge in [-0.25, -0.2) is 8.42 Å². The first kappa shape index (κ1) is 20.3. The van der Waals surface area contributed by atoms with Gasteiger partial charge in [-0.05, 0) is 46.3 Å². The van der Waals surface area contributed by atoms with Crippen LogP contribution in [0.25, 0.3) is 0 Å². The number of benzene rings is 2. The maximum Gasteiger partial charge on any atom is 0.255 e. The number of anilines is 2. The van der Waals surface area contributed by atoms with Crippen LogP contribution in [0.15, 0.2) is 34.8 Å². The summed E-state index contributed by atoms with van der Waals surface area (Å²) in [6.45, 7) is 0. The van der Waals surface area contributed by atoms with Gasteiger partial charge in [0, 0.05) is 11.3 Å². The van der Waals surface area contributed by atoms with E-state index in [1.165, 1.54) is 32.4 Å². The zero-order valence-electron chi connectivity index (χ0n) is 14.1. The number of methoxy groups -OCH3 is 2. The first-order valence-electron chi connectivity index (χ1n) is 7.15. The summed E-state index contributed by atoms with van der Waals surface area (Å²) in [5.74, 6) is 0.481. The molecular weight excluding hydrogens is 448 g/mol. The molecule has 0 aromatic heterocycles. The van der Waals surface area contributed by atoms with Gasteiger partial charge < -0.3 is 14.8 Å². The second-order valence-corrected chi connectivity index (χ2v) is 8.17. The van der Waals surface area contributed by atoms with Crippen molar-refractivity contribution in [3.05, 3.63) is 45.4 Å². The molecule has 0 aliphatic heterocycles. The van der Waals surface area contributed by atoms with Crippen LogP contribution in [0.4, 0.5) is 11.4 Å². The predicted octanol–water partition coefficient (Wildman–Crippen LogP) is 3.74. The zero-order chi connectivity index (χ0) is 19.5. The minimum absolute atomic E-state index is 0.152. The molecule has 0 unspecified atom stereocenters. The Morgan fingerprint density at radius 3 is 2.15 bits per heavy atom. The Kier molecular flexibility index (Phi) is 6.38. The fraction of sp³-hybridized carbons (Fsp3) is 0.188. The Morgan fingerprint density at radius 2 is 1.69 bits per heavy atom. The highest BCUT2D eigenvalue weighted by atomic mass is 79.9. The standard InChI is InChI=1S/C16H16BrClN2O5S/c1-24-13-6-9(7-14(25-2)15(13)17)16(21)19-10-4-5-12(11(18)8-10)20-26(3,22)23/h4-8,20H,1-3H3,(H,19,21). The summed E-state index contributed by atoms with van der Waals surface area (Å²) in [6, 6.07) is 7.55. The molecule has 0 saturated carbocycles. The number of ether oxygens (including phenoxy) is 2. The van der Waals surface area contributed by atoms with Crippen molar-refractivity contribution in [1.29, 1.82) is 0 Å². The third-order valence-electron chi connectivity index (χ3n) is 3.23. The minimum atomic E-state index is -3.45. The monoisotopic (exact) mass is 462 g/mol. The highest BCUT2D eigenvalue weighted by molar-refractivity contribution is 9.10. The molecule has 0 aliphatic rings. The van der Waals surface area contributed by atoms with Gasteiger partial charge in [0.25, 0.3) is 5.91 Å². The zero-order valence-corrected chi connectivity index (χ0v) is 17.3. The molecule has 0 atom stereocenters. The second kappa shape index (κ2) is 8.15. The molecule has 7 nitrogen and oxygen atoms in total. The normalized spacial score (nSPS) is 11.0. The minimum Gasteiger partial charge on any atom is -0.495 e. The Labute approximate surface area is 164 Å². The van der Waals surface area contributed by atoms with Crippen LogP contribution >= 0.6 is 27.5 Å². The van der Waals surface area contributed by atoms with Gasteiger partial charge in [0.1, 0.15) is 16.0 Å². The van der Waals surface area contributed by atoms with E-state index in [1.54, 1.807) is 12.1 Å². The summed E-state index contributed by atoms with van der Waals surface area (Å²) < 4.78 is 35.9. The quantitative estimate of drug-likeness (QED) is 0.680. The molecule has 0 saturated heterocycles. The van der Waals surface area contributed by atoms with Gasteiger partial charge in [-0.1, -0.05) is 11.6 Å². The number of hydrogen-bond acceptors (Lipinski definition) is 5. The van der Waals surface area contributed by atoms with Crippen molar-refractivity contribution in [3.63, 3.8) is 0 Å². The van der Waals surface area contributed by atoms with E-state index >= 15 is 0 Å². The maximum absolute atomic E-state index is 12.5. The van der Waals surface area contributed by atoms with Gasteiger partial charge in [-0.2, -0.15) is 0 Å². The average molecular weight is 464 g/mol. The molecule has 0 aliphatic carbocycles. The topological polar surface area (TPSA) is 93.7 Å². The van der Waals surface area contributed by atoms with E-state index in [0.717, 1.165) is 6.26 Å². The lowest BCUT2D eigenvalue weighted by Gasteiger charge is -2.12. The van der Waals surface area contributed by atoms with E-state index in [1.807, 2.05) is 0 Å². The highest BCUT2D eigenvalue weighted by Gasteiger charge is 2.15. The summed E-state index contributed by atoms with van der Waals surface area (Å²) in [6.07, 6.45) is 1.02. The average Bonchev–Trinajstić information content (AvgIpc) is 2.56. The van der Waals surface area contributed by atoms with E-state index in [0.29, 0.717) is 27.2 Å². The van der Waals surface area contributed by atoms with Crippen LogP contribution in [-0.4, -0.2) is 34.8 Å². The van der Waals surface area contributed by atoms with Crippen molar-refractivity contribution in [2.75, 3.05) is 30.5 Å². The van der Waals surface area contributed by atoms with Crippen molar-refractivity contribution >= 4 is 54.8 Å². The number of hydrogen-bond donors (Lipinski definition) is 2. The lowest BCUT2D eigenvalue weighted by Crippen LogP contribution is -2.13. The summed E-state index contributed by atoms with van der Waals surface area (Å²) in [4.78, 5) is 12.5. The third kappa shape index (κ3) is 5.03. The van der Waals surface area contributed by atoms with Crippen molar-refractivity contribution in [2.45, 2.75) is 0 Å². The Morgan fingerprint density at radius 1 is 1.12 bits per heavy atom. The van der Waals surface area contributed by atoms with Gasteiger partial charge >= 0.3 is 0 Å². The van der Waals surface area contributed by atoms with Crippen LogP contribution in [-0.2, 0) is 10.0 Å². The molecule has 2 N–H and O–H groups in total. The number of sulfonamides is 1. The fourth-order valence-electron chi connectivity index (χ4n) is 2.08. The highest BCUT2D eigenvalue weighted by Crippen LogP contribution is 2.36. The van der Waals surface area contributed by atoms with Crippen LogP contribution < -0.4 is 19.5 Å². The molecule has 2 aromatic rings. The molecule has 0 spiro atoms. The molecule has 0 fully saturated rings. The van der Waals surface area contributed by atoms with Crippen molar-refractivity contribution in [2.24, 2.45) is 0 Å². The smallest absolute Gasteiger partial charge is 0.255 e. The van der Waals surface area contributed by atoms with E-state index in [2.05, 4.69) is 26.0 Å². The van der Waals surface area contributed by atoms with Crippen LogP contribution in [0, 0.1) is 0 Å². The van der Waals surface area contributed by atoms with Gasteiger partial charge in [-0.15, -0.1) is 0 Å². The van der Waals surface area contributed by atoms with E-state index in [4.69, 9.17) is 21.1 Å². The lowest BCUT2D eigenvalue weighted by molar-refractivity contribution is 0.102. The molecule has 2 rings (SSSR count). The molecule has 26 heavy (non-hydrogen) atoms. The molecule has 0 radical (unpaired) electrons. The number of carbonyl (C=O) groups excluding carboxylic acids is 1. The molecular formula is C16H16BrClN2O5S. The molecule has 0 bridgehead atoms. The largest absolute Gasteiger partial charge is 0.495 e. The summed E-state index contributed by atoms with van der Waals surface area (Å²) in [5.41, 5.74) is 0.940. The van der Waals surface area contributed by atoms with Crippen molar-refractivity contribution in [1.82, 2.24) is 0 Å². The Bertz CT molecular complexity index is 925. The Hall–Kier alpha value is -1.97. The number of nitrogens with one attached hydrogen (secondary N) is 2. The molecule has 140 valence electrons. The number of halogens is 2. The van der Waals surface area contributed by atoms with Crippen molar-refractivity contribution < 1.29 is 22.7 Å². The molecule has 10 heteroatoms. The van der Waals surface area contributed by atoms with Crippen LogP contribution in [0.3, 0.4) is 0 Å².